The van der Waals surface area contributed by atoms with Crippen LogP contribution in [0.15, 0.2) is 57.9 Å². The summed E-state index contributed by atoms with van der Waals surface area (Å²) in [4.78, 5) is 2.54. The number of furan rings is 1. The van der Waals surface area contributed by atoms with Gasteiger partial charge in [0.15, 0.2) is 0 Å². The van der Waals surface area contributed by atoms with Gasteiger partial charge < -0.3 is 14.4 Å². The van der Waals surface area contributed by atoms with Crippen molar-refractivity contribution in [1.29, 1.82) is 5.26 Å². The zero-order valence-electron chi connectivity index (χ0n) is 24.9. The third kappa shape index (κ3) is 9.69. The van der Waals surface area contributed by atoms with Crippen LogP contribution in [0.5, 0.6) is 0 Å². The molecule has 0 saturated carbocycles. The van der Waals surface area contributed by atoms with Crippen molar-refractivity contribution in [1.82, 2.24) is 0 Å². The van der Waals surface area contributed by atoms with Crippen molar-refractivity contribution < 1.29 is 18.4 Å². The molecule has 4 N–H and O–H groups in total. The van der Waals surface area contributed by atoms with Gasteiger partial charge in [-0.05, 0) is 79.6 Å². The Morgan fingerprint density at radius 2 is 1.70 bits per heavy atom. The second-order valence-corrected chi connectivity index (χ2v) is 12.9. The van der Waals surface area contributed by atoms with Crippen LogP contribution in [0.25, 0.3) is 27.7 Å². The van der Waals surface area contributed by atoms with Gasteiger partial charge in [-0.15, -0.1) is 10.6 Å². The molecule has 1 aliphatic rings. The van der Waals surface area contributed by atoms with E-state index in [-0.39, 0.29) is 4.91 Å². The second-order valence-electron chi connectivity index (χ2n) is 10.7. The number of allylic oxidation sites excluding steroid dienone is 2. The molecule has 0 spiro atoms. The van der Waals surface area contributed by atoms with Crippen LogP contribution in [0.1, 0.15) is 72.5 Å². The number of fused-ring (bicyclic) bond motifs is 1. The normalized spacial score (nSPS) is 16.1. The molecule has 1 unspecified atom stereocenters. The van der Waals surface area contributed by atoms with E-state index in [9.17, 15) is 9.81 Å². The van der Waals surface area contributed by atoms with E-state index >= 15 is 0 Å². The number of aliphatic hydroxyl groups excluding tert-OH is 1. The van der Waals surface area contributed by atoms with E-state index < -0.39 is 10.6 Å². The average Bonchev–Trinajstić information content (AvgIpc) is 3.44. The summed E-state index contributed by atoms with van der Waals surface area (Å²) in [6.45, 7) is 12.9. The summed E-state index contributed by atoms with van der Waals surface area (Å²) < 4.78 is 20.9. The molecule has 1 aromatic heterocycles. The fourth-order valence-corrected chi connectivity index (χ4v) is 5.13. The monoisotopic (exact) mass is 569 g/mol. The lowest BCUT2D eigenvalue weighted by Gasteiger charge is -2.30. The van der Waals surface area contributed by atoms with Crippen LogP contribution in [-0.2, 0) is 4.28 Å². The Morgan fingerprint density at radius 3 is 2.25 bits per heavy atom. The van der Waals surface area contributed by atoms with Crippen molar-refractivity contribution in [2.45, 2.75) is 66.7 Å². The standard InChI is InChI=1S/C24H27N3O3S.C4H10O.C4H10/c1-17(24(16-25)31(2,28)30-26)22-10-11-23(29-22)20-7-6-19-15-21(9-8-18(19)14-20)27-12-4-3-5-13-27;1-2-3-4-5;1-4(2)3/h6-11,14-15,28H,3-5,12-13,26H2,1-2H3;5H,2-4H2,1H3;4H,1-3H3/b24-17+;;. The molecule has 220 valence electrons. The van der Waals surface area contributed by atoms with Gasteiger partial charge >= 0.3 is 0 Å². The largest absolute Gasteiger partial charge is 0.456 e. The Bertz CT molecular complexity index is 1270. The molecular formula is C32H47N3O4S. The number of hydrogen-bond acceptors (Lipinski definition) is 7. The highest BCUT2D eigenvalue weighted by Gasteiger charge is 2.22. The minimum atomic E-state index is -2.82. The highest BCUT2D eigenvalue weighted by atomic mass is 32.3. The van der Waals surface area contributed by atoms with Crippen LogP contribution in [-0.4, -0.2) is 35.6 Å². The molecule has 40 heavy (non-hydrogen) atoms. The molecule has 0 bridgehead atoms. The lowest BCUT2D eigenvalue weighted by Crippen LogP contribution is -2.29. The average molecular weight is 570 g/mol. The van der Waals surface area contributed by atoms with Gasteiger partial charge in [-0.25, -0.2) is 0 Å². The van der Waals surface area contributed by atoms with Crippen LogP contribution < -0.4 is 10.8 Å². The molecule has 8 heteroatoms. The smallest absolute Gasteiger partial charge is 0.144 e. The first-order valence-corrected chi connectivity index (χ1v) is 16.0. The van der Waals surface area contributed by atoms with Crippen molar-refractivity contribution in [3.63, 3.8) is 0 Å². The van der Waals surface area contributed by atoms with Crippen LogP contribution >= 0.6 is 10.6 Å². The van der Waals surface area contributed by atoms with E-state index in [1.165, 1.54) is 36.6 Å². The van der Waals surface area contributed by atoms with Crippen LogP contribution in [0.2, 0.25) is 0 Å². The van der Waals surface area contributed by atoms with Gasteiger partial charge in [-0.3, -0.25) is 4.55 Å². The molecule has 1 fully saturated rings. The molecule has 2 heterocycles. The van der Waals surface area contributed by atoms with Gasteiger partial charge in [-0.2, -0.15) is 15.4 Å². The summed E-state index contributed by atoms with van der Waals surface area (Å²) in [6, 6.07) is 18.5. The van der Waals surface area contributed by atoms with Gasteiger partial charge in [0.1, 0.15) is 22.5 Å². The first-order valence-electron chi connectivity index (χ1n) is 14.1. The summed E-state index contributed by atoms with van der Waals surface area (Å²) in [5, 5.41) is 19.9. The van der Waals surface area contributed by atoms with E-state index in [4.69, 9.17) is 15.4 Å². The number of anilines is 1. The van der Waals surface area contributed by atoms with E-state index in [1.807, 2.05) is 18.2 Å². The molecular weight excluding hydrogens is 522 g/mol. The molecule has 0 amide bonds. The highest BCUT2D eigenvalue weighted by Crippen LogP contribution is 2.50. The minimum Gasteiger partial charge on any atom is -0.456 e. The van der Waals surface area contributed by atoms with Crippen molar-refractivity contribution in [3.05, 3.63) is 59.2 Å². The van der Waals surface area contributed by atoms with Crippen molar-refractivity contribution in [3.8, 4) is 17.4 Å². The first kappa shape index (κ1) is 33.4. The van der Waals surface area contributed by atoms with Gasteiger partial charge in [0.25, 0.3) is 0 Å². The number of rotatable bonds is 7. The molecule has 1 aliphatic heterocycles. The fourth-order valence-electron chi connectivity index (χ4n) is 4.20. The summed E-state index contributed by atoms with van der Waals surface area (Å²) in [5.41, 5.74) is 2.73. The SMILES string of the molecule is C/C(=C(/C#N)S(C)(O)ON)c1ccc(-c2ccc3cc(N4CCCCC4)ccc3c2)o1.CC(C)C.CCCCO. The third-order valence-corrected chi connectivity index (χ3v) is 7.85. The Morgan fingerprint density at radius 1 is 1.07 bits per heavy atom. The highest BCUT2D eigenvalue weighted by molar-refractivity contribution is 8.28. The van der Waals surface area contributed by atoms with Crippen molar-refractivity contribution >= 4 is 32.6 Å². The summed E-state index contributed by atoms with van der Waals surface area (Å²) >= 11 is 0. The zero-order chi connectivity index (χ0) is 29.7. The van der Waals surface area contributed by atoms with Gasteiger partial charge in [0.2, 0.25) is 0 Å². The molecule has 2 aromatic carbocycles. The number of hydrogen-bond donors (Lipinski definition) is 3. The molecule has 4 rings (SSSR count). The predicted octanol–water partition coefficient (Wildman–Crippen LogP) is 8.50. The van der Waals surface area contributed by atoms with Gasteiger partial charge in [0.05, 0.1) is 0 Å². The van der Waals surface area contributed by atoms with E-state index in [2.05, 4.69) is 67.2 Å². The summed E-state index contributed by atoms with van der Waals surface area (Å²) in [7, 11) is -2.82. The van der Waals surface area contributed by atoms with Crippen molar-refractivity contribution in [2.75, 3.05) is 30.9 Å². The molecule has 7 nitrogen and oxygen atoms in total. The maximum Gasteiger partial charge on any atom is 0.144 e. The van der Waals surface area contributed by atoms with Crippen molar-refractivity contribution in [2.24, 2.45) is 11.8 Å². The Kier molecular flexibility index (Phi) is 13.7. The summed E-state index contributed by atoms with van der Waals surface area (Å²) in [6.07, 6.45) is 7.28. The maximum absolute atomic E-state index is 10.3. The zero-order valence-corrected chi connectivity index (χ0v) is 25.8. The van der Waals surface area contributed by atoms with Gasteiger partial charge in [-0.1, -0.05) is 52.3 Å². The van der Waals surface area contributed by atoms with E-state index in [0.717, 1.165) is 42.8 Å². The van der Waals surface area contributed by atoms with E-state index in [1.54, 1.807) is 13.0 Å². The Labute approximate surface area is 241 Å². The Balaban J connectivity index is 0.000000543. The van der Waals surface area contributed by atoms with Gasteiger partial charge in [0, 0.05) is 42.8 Å². The molecule has 1 saturated heterocycles. The van der Waals surface area contributed by atoms with Crippen LogP contribution in [0.4, 0.5) is 5.69 Å². The van der Waals surface area contributed by atoms with Crippen LogP contribution in [0, 0.1) is 17.2 Å². The number of nitrogens with two attached hydrogens (primary N) is 1. The number of piperidine rings is 1. The Hall–Kier alpha value is -2.80. The lowest BCUT2D eigenvalue weighted by atomic mass is 10.0. The second kappa shape index (κ2) is 16.5. The molecule has 0 aliphatic carbocycles. The third-order valence-electron chi connectivity index (χ3n) is 6.33. The minimum absolute atomic E-state index is 0.0830. The number of nitrogens with zero attached hydrogens (tertiary/aromatic N) is 2. The number of unbranched alkanes of at least 4 members (excludes halogenated alkanes) is 1. The quantitative estimate of drug-likeness (QED) is 0.193. The first-order chi connectivity index (χ1) is 19.1. The number of benzene rings is 2. The summed E-state index contributed by atoms with van der Waals surface area (Å²) in [5.74, 6) is 7.20. The molecule has 1 atom stereocenters. The topological polar surface area (TPSA) is 116 Å². The maximum atomic E-state index is 10.3. The lowest BCUT2D eigenvalue weighted by molar-refractivity contribution is 0.287. The molecule has 3 aromatic rings. The predicted molar refractivity (Wildman–Crippen MR) is 170 cm³/mol. The number of nitriles is 1. The molecule has 0 radical (unpaired) electrons. The number of aliphatic hydroxyl groups is 1. The van der Waals surface area contributed by atoms with E-state index in [0.29, 0.717) is 23.7 Å². The van der Waals surface area contributed by atoms with Crippen LogP contribution in [0.3, 0.4) is 0 Å². The fraction of sp³-hybridized carbons (Fsp3) is 0.469.